The van der Waals surface area contributed by atoms with E-state index in [1.165, 1.54) is 4.88 Å². The van der Waals surface area contributed by atoms with Crippen LogP contribution in [0.2, 0.25) is 0 Å². The largest absolute Gasteiger partial charge is 0.382 e. The average molecular weight is 412 g/mol. The van der Waals surface area contributed by atoms with Gasteiger partial charge in [-0.25, -0.2) is 4.98 Å². The molecule has 1 aromatic rings. The highest BCUT2D eigenvalue weighted by Gasteiger charge is 2.00. The molecule has 0 amide bonds. The summed E-state index contributed by atoms with van der Waals surface area (Å²) >= 11 is 1.76. The van der Waals surface area contributed by atoms with Crippen molar-refractivity contribution in [3.05, 3.63) is 16.1 Å². The predicted octanol–water partition coefficient (Wildman–Crippen LogP) is 2.20. The van der Waals surface area contributed by atoms with Gasteiger partial charge in [0.25, 0.3) is 0 Å². The third kappa shape index (κ3) is 8.70. The molecular weight excluding hydrogens is 387 g/mol. The van der Waals surface area contributed by atoms with Crippen molar-refractivity contribution in [2.75, 3.05) is 26.3 Å². The second-order valence-electron chi connectivity index (χ2n) is 4.07. The van der Waals surface area contributed by atoms with Crippen molar-refractivity contribution >= 4 is 41.3 Å². The van der Waals surface area contributed by atoms with Crippen LogP contribution in [-0.4, -0.2) is 37.2 Å². The number of aliphatic imine (C=N–C) groups is 1. The fourth-order valence-corrected chi connectivity index (χ4v) is 2.35. The smallest absolute Gasteiger partial charge is 0.188 e. The molecular formula is C13H25IN4OS. The van der Waals surface area contributed by atoms with Gasteiger partial charge in [-0.15, -0.1) is 35.3 Å². The number of nitrogens with zero attached hydrogens (tertiary/aromatic N) is 2. The van der Waals surface area contributed by atoms with Crippen molar-refractivity contribution in [1.29, 1.82) is 0 Å². The minimum Gasteiger partial charge on any atom is -0.382 e. The Hall–Kier alpha value is -0.410. The molecule has 5 nitrogen and oxygen atoms in total. The van der Waals surface area contributed by atoms with E-state index < -0.39 is 0 Å². The molecule has 0 radical (unpaired) electrons. The highest BCUT2D eigenvalue weighted by molar-refractivity contribution is 14.0. The minimum absolute atomic E-state index is 0. The van der Waals surface area contributed by atoms with Crippen molar-refractivity contribution in [1.82, 2.24) is 10.3 Å². The first-order chi connectivity index (χ1) is 9.26. The van der Waals surface area contributed by atoms with Gasteiger partial charge in [0.15, 0.2) is 5.96 Å². The Kier molecular flexibility index (Phi) is 12.1. The summed E-state index contributed by atoms with van der Waals surface area (Å²) in [5.74, 6) is 0.503. The van der Waals surface area contributed by atoms with E-state index >= 15 is 0 Å². The van der Waals surface area contributed by atoms with E-state index in [0.29, 0.717) is 12.5 Å². The van der Waals surface area contributed by atoms with Crippen molar-refractivity contribution < 1.29 is 4.74 Å². The number of nitrogens with one attached hydrogen (secondary N) is 1. The third-order valence-corrected chi connectivity index (χ3v) is 3.73. The quantitative estimate of drug-likeness (QED) is 0.282. The SMILES string of the molecule is CCOCCCN=C(N)NCCc1ncc(CC)s1.I. The van der Waals surface area contributed by atoms with Gasteiger partial charge in [0, 0.05) is 43.8 Å². The van der Waals surface area contributed by atoms with Gasteiger partial charge in [0.2, 0.25) is 0 Å². The molecule has 0 aromatic carbocycles. The summed E-state index contributed by atoms with van der Waals surface area (Å²) in [5, 5.41) is 4.25. The normalized spacial score (nSPS) is 11.2. The molecule has 20 heavy (non-hydrogen) atoms. The van der Waals surface area contributed by atoms with Crippen LogP contribution in [0.5, 0.6) is 0 Å². The van der Waals surface area contributed by atoms with E-state index in [2.05, 4.69) is 22.2 Å². The van der Waals surface area contributed by atoms with E-state index in [4.69, 9.17) is 10.5 Å². The fourth-order valence-electron chi connectivity index (χ4n) is 1.49. The molecule has 116 valence electrons. The Balaban J connectivity index is 0.00000361. The second-order valence-corrected chi connectivity index (χ2v) is 5.27. The molecule has 3 N–H and O–H groups in total. The molecule has 0 bridgehead atoms. The van der Waals surface area contributed by atoms with Gasteiger partial charge in [-0.05, 0) is 19.8 Å². The molecule has 0 aliphatic rings. The van der Waals surface area contributed by atoms with Crippen LogP contribution in [0.25, 0.3) is 0 Å². The number of aryl methyl sites for hydroxylation is 1. The molecule has 0 atom stereocenters. The van der Waals surface area contributed by atoms with Gasteiger partial charge in [-0.2, -0.15) is 0 Å². The number of ether oxygens (including phenoxy) is 1. The number of aromatic nitrogens is 1. The lowest BCUT2D eigenvalue weighted by Crippen LogP contribution is -2.33. The lowest BCUT2D eigenvalue weighted by atomic mass is 10.4. The van der Waals surface area contributed by atoms with Crippen molar-refractivity contribution in [2.24, 2.45) is 10.7 Å². The second kappa shape index (κ2) is 12.3. The lowest BCUT2D eigenvalue weighted by Gasteiger charge is -2.04. The highest BCUT2D eigenvalue weighted by Crippen LogP contribution is 2.13. The molecule has 0 fully saturated rings. The molecule has 1 heterocycles. The summed E-state index contributed by atoms with van der Waals surface area (Å²) in [6.07, 6.45) is 4.79. The van der Waals surface area contributed by atoms with Gasteiger partial charge < -0.3 is 15.8 Å². The monoisotopic (exact) mass is 412 g/mol. The van der Waals surface area contributed by atoms with Crippen molar-refractivity contribution in [3.8, 4) is 0 Å². The first-order valence-corrected chi connectivity index (χ1v) is 7.63. The number of hydrogen-bond donors (Lipinski definition) is 2. The van der Waals surface area contributed by atoms with Crippen LogP contribution in [0, 0.1) is 0 Å². The summed E-state index contributed by atoms with van der Waals surface area (Å²) in [7, 11) is 0. The Labute approximate surface area is 142 Å². The summed E-state index contributed by atoms with van der Waals surface area (Å²) in [4.78, 5) is 9.92. The van der Waals surface area contributed by atoms with Crippen LogP contribution in [0.15, 0.2) is 11.2 Å². The molecule has 1 rings (SSSR count). The van der Waals surface area contributed by atoms with Gasteiger partial charge in [0.05, 0.1) is 5.01 Å². The number of rotatable bonds is 9. The molecule has 7 heteroatoms. The fraction of sp³-hybridized carbons (Fsp3) is 0.692. The maximum atomic E-state index is 5.77. The van der Waals surface area contributed by atoms with Crippen LogP contribution >= 0.6 is 35.3 Å². The molecule has 0 saturated heterocycles. The van der Waals surface area contributed by atoms with E-state index in [-0.39, 0.29) is 24.0 Å². The molecule has 1 aromatic heterocycles. The van der Waals surface area contributed by atoms with Crippen LogP contribution in [0.4, 0.5) is 0 Å². The maximum Gasteiger partial charge on any atom is 0.188 e. The molecule has 0 saturated carbocycles. The van der Waals surface area contributed by atoms with Crippen molar-refractivity contribution in [3.63, 3.8) is 0 Å². The summed E-state index contributed by atoms with van der Waals surface area (Å²) < 4.78 is 5.23. The number of hydrogen-bond acceptors (Lipinski definition) is 4. The van der Waals surface area contributed by atoms with Gasteiger partial charge in [-0.1, -0.05) is 6.92 Å². The van der Waals surface area contributed by atoms with Crippen molar-refractivity contribution in [2.45, 2.75) is 33.1 Å². The number of nitrogens with two attached hydrogens (primary N) is 1. The Bertz CT molecular complexity index is 384. The van der Waals surface area contributed by atoms with Crippen LogP contribution in [0.1, 0.15) is 30.2 Å². The third-order valence-electron chi connectivity index (χ3n) is 2.53. The molecule has 0 aliphatic carbocycles. The van der Waals surface area contributed by atoms with Gasteiger partial charge in [-0.3, -0.25) is 4.99 Å². The Morgan fingerprint density at radius 3 is 2.95 bits per heavy atom. The zero-order chi connectivity index (χ0) is 13.9. The Morgan fingerprint density at radius 1 is 1.50 bits per heavy atom. The average Bonchev–Trinajstić information content (AvgIpc) is 2.86. The summed E-state index contributed by atoms with van der Waals surface area (Å²) in [6, 6.07) is 0. The molecule has 0 spiro atoms. The zero-order valence-corrected chi connectivity index (χ0v) is 15.4. The number of thiazole rings is 1. The lowest BCUT2D eigenvalue weighted by molar-refractivity contribution is 0.146. The van der Waals surface area contributed by atoms with E-state index in [0.717, 1.165) is 44.0 Å². The standard InChI is InChI=1S/C13H24N4OS.HI/c1-3-11-10-17-12(19-11)6-8-16-13(14)15-7-5-9-18-4-2;/h10H,3-9H2,1-2H3,(H3,14,15,16);1H. The minimum atomic E-state index is 0. The summed E-state index contributed by atoms with van der Waals surface area (Å²) in [5.41, 5.74) is 5.77. The van der Waals surface area contributed by atoms with E-state index in [9.17, 15) is 0 Å². The topological polar surface area (TPSA) is 72.5 Å². The van der Waals surface area contributed by atoms with Gasteiger partial charge in [0.1, 0.15) is 0 Å². The molecule has 0 aliphatic heterocycles. The molecule has 0 unspecified atom stereocenters. The van der Waals surface area contributed by atoms with Crippen LogP contribution in [0.3, 0.4) is 0 Å². The first kappa shape index (κ1) is 19.6. The predicted molar refractivity (Wildman–Crippen MR) is 96.2 cm³/mol. The maximum absolute atomic E-state index is 5.77. The zero-order valence-electron chi connectivity index (χ0n) is 12.2. The number of guanidine groups is 1. The highest BCUT2D eigenvalue weighted by atomic mass is 127. The first-order valence-electron chi connectivity index (χ1n) is 6.81. The van der Waals surface area contributed by atoms with E-state index in [1.807, 2.05) is 13.1 Å². The van der Waals surface area contributed by atoms with Crippen LogP contribution in [-0.2, 0) is 17.6 Å². The van der Waals surface area contributed by atoms with Gasteiger partial charge >= 0.3 is 0 Å². The Morgan fingerprint density at radius 2 is 2.30 bits per heavy atom. The number of halogens is 1. The van der Waals surface area contributed by atoms with Crippen LogP contribution < -0.4 is 11.1 Å². The summed E-state index contributed by atoms with van der Waals surface area (Å²) in [6.45, 7) is 7.11. The van der Waals surface area contributed by atoms with E-state index in [1.54, 1.807) is 11.3 Å².